The summed E-state index contributed by atoms with van der Waals surface area (Å²) < 4.78 is 31.8. The number of hydrogen-bond donors (Lipinski definition) is 1. The van der Waals surface area contributed by atoms with Crippen LogP contribution in [-0.4, -0.2) is 25.3 Å². The first-order chi connectivity index (χ1) is 10.5. The predicted octanol–water partition coefficient (Wildman–Crippen LogP) is 4.33. The van der Waals surface area contributed by atoms with Crippen molar-refractivity contribution >= 4 is 49.2 Å². The second-order valence-corrected chi connectivity index (χ2v) is 8.46. The van der Waals surface area contributed by atoms with Gasteiger partial charge in [-0.15, -0.1) is 0 Å². The molecule has 22 heavy (non-hydrogen) atoms. The normalized spacial score (nSPS) is 13.6. The second kappa shape index (κ2) is 6.23. The fourth-order valence-corrected chi connectivity index (χ4v) is 4.82. The molecule has 0 aromatic heterocycles. The van der Waals surface area contributed by atoms with Crippen LogP contribution in [0.25, 0.3) is 0 Å². The summed E-state index contributed by atoms with van der Waals surface area (Å²) in [5.41, 5.74) is 2.10. The van der Waals surface area contributed by atoms with Crippen molar-refractivity contribution < 1.29 is 13.0 Å². The number of benzene rings is 2. The summed E-state index contributed by atoms with van der Waals surface area (Å²) in [6, 6.07) is 14.1. The van der Waals surface area contributed by atoms with Crippen LogP contribution in [0, 0.1) is 0 Å². The lowest BCUT2D eigenvalue weighted by molar-refractivity contribution is 0.481. The molecule has 7 heteroatoms. The summed E-state index contributed by atoms with van der Waals surface area (Å²) in [5.74, 6) is -0.238. The van der Waals surface area contributed by atoms with E-state index in [0.717, 1.165) is 25.6 Å². The first-order valence-electron chi connectivity index (χ1n) is 6.74. The predicted molar refractivity (Wildman–Crippen MR) is 92.7 cm³/mol. The maximum absolute atomic E-state index is 11.0. The number of anilines is 2. The van der Waals surface area contributed by atoms with Crippen molar-refractivity contribution in [1.82, 2.24) is 0 Å². The molecule has 1 aliphatic heterocycles. The quantitative estimate of drug-likeness (QED) is 0.775. The highest BCUT2D eigenvalue weighted by molar-refractivity contribution is 9.10. The van der Waals surface area contributed by atoms with Crippen molar-refractivity contribution in [3.8, 4) is 0 Å². The van der Waals surface area contributed by atoms with Crippen LogP contribution in [0.4, 0.5) is 11.4 Å². The molecule has 3 rings (SSSR count). The van der Waals surface area contributed by atoms with E-state index in [9.17, 15) is 8.42 Å². The number of halogens is 1. The lowest BCUT2D eigenvalue weighted by atomic mass is 10.2. The zero-order chi connectivity index (χ0) is 15.7. The number of rotatable bonds is 4. The number of hydrogen-bond acceptors (Lipinski definition) is 4. The molecule has 0 aliphatic carbocycles. The van der Waals surface area contributed by atoms with E-state index < -0.39 is 10.1 Å². The molecule has 116 valence electrons. The molecule has 2 aromatic rings. The smallest absolute Gasteiger partial charge is 0.264 e. The van der Waals surface area contributed by atoms with Crippen LogP contribution in [-0.2, 0) is 10.1 Å². The highest BCUT2D eigenvalue weighted by atomic mass is 79.9. The average Bonchev–Trinajstić information content (AvgIpc) is 2.45. The Morgan fingerprint density at radius 1 is 1.09 bits per heavy atom. The molecule has 1 heterocycles. The van der Waals surface area contributed by atoms with E-state index in [-0.39, 0.29) is 5.75 Å². The summed E-state index contributed by atoms with van der Waals surface area (Å²) >= 11 is 5.28. The average molecular weight is 400 g/mol. The Morgan fingerprint density at radius 2 is 1.82 bits per heavy atom. The van der Waals surface area contributed by atoms with Crippen molar-refractivity contribution in [2.45, 2.75) is 16.2 Å². The van der Waals surface area contributed by atoms with Gasteiger partial charge in [0.05, 0.1) is 17.1 Å². The van der Waals surface area contributed by atoms with Gasteiger partial charge >= 0.3 is 0 Å². The van der Waals surface area contributed by atoms with Crippen LogP contribution in [0.15, 0.2) is 56.7 Å². The largest absolute Gasteiger partial charge is 0.339 e. The molecule has 0 bridgehead atoms. The highest BCUT2D eigenvalue weighted by Crippen LogP contribution is 2.50. The molecule has 1 aliphatic rings. The van der Waals surface area contributed by atoms with Gasteiger partial charge in [0, 0.05) is 20.8 Å². The molecule has 0 saturated heterocycles. The van der Waals surface area contributed by atoms with Gasteiger partial charge in [-0.2, -0.15) is 8.42 Å². The Kier molecular flexibility index (Phi) is 4.49. The minimum atomic E-state index is -3.93. The SMILES string of the molecule is O=S(=O)(O)CCCN1c2ccccc2Sc2cccc(Br)c21. The van der Waals surface area contributed by atoms with Gasteiger partial charge in [0.15, 0.2) is 0 Å². The molecule has 1 N–H and O–H groups in total. The second-order valence-electron chi connectivity index (χ2n) is 4.95. The third kappa shape index (κ3) is 3.32. The molecule has 0 saturated carbocycles. The Bertz CT molecular complexity index is 808. The zero-order valence-corrected chi connectivity index (χ0v) is 14.8. The monoisotopic (exact) mass is 399 g/mol. The van der Waals surface area contributed by atoms with Crippen LogP contribution in [0.5, 0.6) is 0 Å². The Morgan fingerprint density at radius 3 is 2.59 bits per heavy atom. The molecule has 0 atom stereocenters. The Hall–Kier alpha value is -1.02. The molecular formula is C15H14BrNO3S2. The van der Waals surface area contributed by atoms with Gasteiger partial charge in [0.25, 0.3) is 10.1 Å². The molecule has 0 fully saturated rings. The number of para-hydroxylation sites is 2. The molecule has 0 radical (unpaired) electrons. The van der Waals surface area contributed by atoms with Gasteiger partial charge in [-0.1, -0.05) is 30.0 Å². The van der Waals surface area contributed by atoms with Crippen LogP contribution >= 0.6 is 27.7 Å². The van der Waals surface area contributed by atoms with E-state index in [2.05, 4.69) is 33.0 Å². The maximum atomic E-state index is 11.0. The fraction of sp³-hybridized carbons (Fsp3) is 0.200. The number of nitrogens with zero attached hydrogens (tertiary/aromatic N) is 1. The summed E-state index contributed by atoms with van der Waals surface area (Å²) in [5, 5.41) is 0. The summed E-state index contributed by atoms with van der Waals surface area (Å²) in [6.07, 6.45) is 0.360. The minimum Gasteiger partial charge on any atom is -0.339 e. The molecule has 0 amide bonds. The summed E-state index contributed by atoms with van der Waals surface area (Å²) in [4.78, 5) is 4.37. The van der Waals surface area contributed by atoms with Gasteiger partial charge in [0.1, 0.15) is 0 Å². The molecule has 2 aromatic carbocycles. The molecule has 4 nitrogen and oxygen atoms in total. The van der Waals surface area contributed by atoms with Crippen molar-refractivity contribution in [2.75, 3.05) is 17.2 Å². The standard InChI is InChI=1S/C15H14BrNO3S2/c16-11-5-3-8-14-15(11)17(9-4-10-22(18,19)20)12-6-1-2-7-13(12)21-14/h1-3,5-8H,4,9-10H2,(H,18,19,20). The van der Waals surface area contributed by atoms with E-state index in [4.69, 9.17) is 4.55 Å². The van der Waals surface area contributed by atoms with E-state index >= 15 is 0 Å². The topological polar surface area (TPSA) is 57.6 Å². The lowest BCUT2D eigenvalue weighted by Crippen LogP contribution is -2.24. The number of fused-ring (bicyclic) bond motifs is 2. The minimum absolute atomic E-state index is 0.238. The van der Waals surface area contributed by atoms with Crippen LogP contribution in [0.1, 0.15) is 6.42 Å². The van der Waals surface area contributed by atoms with Gasteiger partial charge in [0.2, 0.25) is 0 Å². The van der Waals surface area contributed by atoms with E-state index in [0.29, 0.717) is 13.0 Å². The van der Waals surface area contributed by atoms with Crippen molar-refractivity contribution in [3.05, 3.63) is 46.9 Å². The summed E-state index contributed by atoms with van der Waals surface area (Å²) in [7, 11) is -3.93. The van der Waals surface area contributed by atoms with Crippen LogP contribution < -0.4 is 4.90 Å². The third-order valence-corrected chi connectivity index (χ3v) is 5.94. The van der Waals surface area contributed by atoms with E-state index in [1.165, 1.54) is 0 Å². The molecule has 0 unspecified atom stereocenters. The first-order valence-corrected chi connectivity index (χ1v) is 9.96. The highest BCUT2D eigenvalue weighted by Gasteiger charge is 2.25. The van der Waals surface area contributed by atoms with Gasteiger partial charge in [-0.25, -0.2) is 0 Å². The van der Waals surface area contributed by atoms with Gasteiger partial charge in [-0.3, -0.25) is 4.55 Å². The van der Waals surface area contributed by atoms with E-state index in [1.807, 2.05) is 30.3 Å². The molecular weight excluding hydrogens is 386 g/mol. The van der Waals surface area contributed by atoms with Gasteiger partial charge < -0.3 is 4.90 Å². The Labute approximate surface area is 142 Å². The maximum Gasteiger partial charge on any atom is 0.264 e. The van der Waals surface area contributed by atoms with E-state index in [1.54, 1.807) is 11.8 Å². The summed E-state index contributed by atoms with van der Waals surface area (Å²) in [6.45, 7) is 0.521. The van der Waals surface area contributed by atoms with Crippen LogP contribution in [0.2, 0.25) is 0 Å². The van der Waals surface area contributed by atoms with Crippen molar-refractivity contribution in [2.24, 2.45) is 0 Å². The van der Waals surface area contributed by atoms with Crippen molar-refractivity contribution in [1.29, 1.82) is 0 Å². The third-order valence-electron chi connectivity index (χ3n) is 3.38. The Balaban J connectivity index is 1.97. The van der Waals surface area contributed by atoms with Crippen LogP contribution in [0.3, 0.4) is 0 Å². The lowest BCUT2D eigenvalue weighted by Gasteiger charge is -2.33. The zero-order valence-electron chi connectivity index (χ0n) is 11.6. The first kappa shape index (κ1) is 15.9. The van der Waals surface area contributed by atoms with Gasteiger partial charge in [-0.05, 0) is 46.6 Å². The molecule has 0 spiro atoms. The van der Waals surface area contributed by atoms with Crippen molar-refractivity contribution in [3.63, 3.8) is 0 Å². The fourth-order valence-electron chi connectivity index (χ4n) is 2.48.